The number of para-hydroxylation sites is 1. The minimum absolute atomic E-state index is 0.0694. The Labute approximate surface area is 140 Å². The van der Waals surface area contributed by atoms with E-state index >= 15 is 0 Å². The molecule has 1 saturated carbocycles. The lowest BCUT2D eigenvalue weighted by molar-refractivity contribution is -0.0522. The quantitative estimate of drug-likeness (QED) is 0.834. The van der Waals surface area contributed by atoms with Gasteiger partial charge in [0.05, 0.1) is 6.04 Å². The molecule has 1 aromatic rings. The van der Waals surface area contributed by atoms with Crippen LogP contribution in [-0.2, 0) is 10.0 Å². The molecule has 0 bridgehead atoms. The van der Waals surface area contributed by atoms with E-state index in [2.05, 4.69) is 9.62 Å². The van der Waals surface area contributed by atoms with Gasteiger partial charge in [-0.05, 0) is 25.0 Å². The third-order valence-corrected chi connectivity index (χ3v) is 6.75. The van der Waals surface area contributed by atoms with Crippen LogP contribution in [0, 0.1) is 0 Å². The first-order valence-electron chi connectivity index (χ1n) is 8.24. The van der Waals surface area contributed by atoms with Crippen LogP contribution in [0.1, 0.15) is 25.7 Å². The van der Waals surface area contributed by atoms with Gasteiger partial charge in [0.2, 0.25) is 15.9 Å². The monoisotopic (exact) mass is 358 g/mol. The summed E-state index contributed by atoms with van der Waals surface area (Å²) in [4.78, 5) is 2.25. The highest BCUT2D eigenvalue weighted by atomic mass is 32.2. The van der Waals surface area contributed by atoms with Crippen molar-refractivity contribution in [2.45, 2.75) is 54.7 Å². The van der Waals surface area contributed by atoms with Crippen molar-refractivity contribution >= 4 is 10.0 Å². The number of alkyl halides is 2. The first kappa shape index (κ1) is 16.2. The second-order valence-corrected chi connectivity index (χ2v) is 8.55. The van der Waals surface area contributed by atoms with Gasteiger partial charge in [-0.25, -0.2) is 21.9 Å². The molecule has 5 nitrogen and oxygen atoms in total. The maximum atomic E-state index is 13.3. The fourth-order valence-electron chi connectivity index (χ4n) is 3.92. The average molecular weight is 358 g/mol. The van der Waals surface area contributed by atoms with E-state index in [1.807, 2.05) is 0 Å². The number of hydrogen-bond acceptors (Lipinski definition) is 4. The highest BCUT2D eigenvalue weighted by Crippen LogP contribution is 2.37. The van der Waals surface area contributed by atoms with E-state index in [1.54, 1.807) is 18.2 Å². The second kappa shape index (κ2) is 5.64. The zero-order valence-electron chi connectivity index (χ0n) is 13.1. The third kappa shape index (κ3) is 2.91. The maximum absolute atomic E-state index is 13.3. The Morgan fingerprint density at radius 3 is 2.62 bits per heavy atom. The zero-order valence-corrected chi connectivity index (χ0v) is 13.9. The standard InChI is InChI=1S/C16H20F2N2O3S/c17-16(18)7-5-11(6-8-16)20-9-12-14(10-20)23-13-3-1-2-4-15(13)24(21,22)19-12/h1-4,11-12,14,19H,5-10H2/t12-,14+/m1/s1. The van der Waals surface area contributed by atoms with Crippen LogP contribution in [0.3, 0.4) is 0 Å². The maximum Gasteiger partial charge on any atom is 0.248 e. The summed E-state index contributed by atoms with van der Waals surface area (Å²) in [6.45, 7) is 1.05. The molecule has 2 heterocycles. The molecule has 24 heavy (non-hydrogen) atoms. The molecule has 1 N–H and O–H groups in total. The van der Waals surface area contributed by atoms with Gasteiger partial charge in [-0.2, -0.15) is 0 Å². The first-order chi connectivity index (χ1) is 11.3. The number of likely N-dealkylation sites (tertiary alicyclic amines) is 1. The summed E-state index contributed by atoms with van der Waals surface area (Å²) in [5.41, 5.74) is 0. The van der Waals surface area contributed by atoms with Crippen LogP contribution in [0.15, 0.2) is 29.2 Å². The summed E-state index contributed by atoms with van der Waals surface area (Å²) < 4.78 is 60.3. The van der Waals surface area contributed by atoms with Crippen LogP contribution < -0.4 is 9.46 Å². The van der Waals surface area contributed by atoms with Crippen LogP contribution in [0.5, 0.6) is 5.75 Å². The van der Waals surface area contributed by atoms with E-state index in [9.17, 15) is 17.2 Å². The summed E-state index contributed by atoms with van der Waals surface area (Å²) >= 11 is 0. The van der Waals surface area contributed by atoms with E-state index in [-0.39, 0.29) is 35.9 Å². The molecule has 3 aliphatic rings. The third-order valence-electron chi connectivity index (χ3n) is 5.22. The topological polar surface area (TPSA) is 58.6 Å². The molecule has 2 fully saturated rings. The van der Waals surface area contributed by atoms with E-state index < -0.39 is 15.9 Å². The predicted octanol–water partition coefficient (Wildman–Crippen LogP) is 1.99. The molecule has 0 spiro atoms. The Morgan fingerprint density at radius 1 is 1.17 bits per heavy atom. The van der Waals surface area contributed by atoms with E-state index in [1.165, 1.54) is 6.07 Å². The lowest BCUT2D eigenvalue weighted by Gasteiger charge is -2.34. The Hall–Kier alpha value is -1.25. The molecule has 0 amide bonds. The van der Waals surface area contributed by atoms with Gasteiger partial charge in [0, 0.05) is 32.0 Å². The number of rotatable bonds is 1. The van der Waals surface area contributed by atoms with Crippen molar-refractivity contribution in [2.24, 2.45) is 0 Å². The van der Waals surface area contributed by atoms with E-state index in [0.29, 0.717) is 31.7 Å². The lowest BCUT2D eigenvalue weighted by atomic mass is 9.91. The largest absolute Gasteiger partial charge is 0.486 e. The van der Waals surface area contributed by atoms with Gasteiger partial charge < -0.3 is 4.74 Å². The average Bonchev–Trinajstić information content (AvgIpc) is 2.85. The molecule has 0 radical (unpaired) electrons. The molecule has 4 rings (SSSR count). The molecule has 2 aliphatic heterocycles. The number of nitrogens with one attached hydrogen (secondary N) is 1. The highest BCUT2D eigenvalue weighted by Gasteiger charge is 2.45. The van der Waals surface area contributed by atoms with Gasteiger partial charge in [-0.1, -0.05) is 12.1 Å². The van der Waals surface area contributed by atoms with Crippen molar-refractivity contribution < 1.29 is 21.9 Å². The molecule has 0 aromatic heterocycles. The summed E-state index contributed by atoms with van der Waals surface area (Å²) in [7, 11) is -3.63. The number of nitrogens with zero attached hydrogens (tertiary/aromatic N) is 1. The van der Waals surface area contributed by atoms with Crippen molar-refractivity contribution in [1.29, 1.82) is 0 Å². The number of sulfonamides is 1. The fraction of sp³-hybridized carbons (Fsp3) is 0.625. The molecule has 0 unspecified atom stereocenters. The molecule has 132 valence electrons. The number of ether oxygens (including phenoxy) is 1. The van der Waals surface area contributed by atoms with E-state index in [4.69, 9.17) is 4.74 Å². The normalized spacial score (nSPS) is 32.4. The van der Waals surface area contributed by atoms with Crippen LogP contribution in [0.4, 0.5) is 8.78 Å². The van der Waals surface area contributed by atoms with Crippen molar-refractivity contribution in [3.05, 3.63) is 24.3 Å². The molecule has 1 aliphatic carbocycles. The Morgan fingerprint density at radius 2 is 1.88 bits per heavy atom. The van der Waals surface area contributed by atoms with Crippen molar-refractivity contribution in [1.82, 2.24) is 9.62 Å². The molecule has 1 saturated heterocycles. The van der Waals surface area contributed by atoms with Gasteiger partial charge in [-0.15, -0.1) is 0 Å². The second-order valence-electron chi connectivity index (χ2n) is 6.87. The molecule has 1 aromatic carbocycles. The van der Waals surface area contributed by atoms with Gasteiger partial charge in [0.1, 0.15) is 16.7 Å². The Balaban J connectivity index is 1.53. The minimum atomic E-state index is -3.63. The summed E-state index contributed by atoms with van der Waals surface area (Å²) in [6, 6.07) is 6.30. The van der Waals surface area contributed by atoms with Crippen LogP contribution >= 0.6 is 0 Å². The number of benzene rings is 1. The van der Waals surface area contributed by atoms with Gasteiger partial charge in [-0.3, -0.25) is 4.90 Å². The number of fused-ring (bicyclic) bond motifs is 2. The molecular weight excluding hydrogens is 338 g/mol. The fourth-order valence-corrected chi connectivity index (χ4v) is 5.31. The number of hydrogen-bond donors (Lipinski definition) is 1. The zero-order chi connectivity index (χ0) is 16.9. The molecule has 2 atom stereocenters. The Kier molecular flexibility index (Phi) is 3.81. The van der Waals surface area contributed by atoms with Crippen LogP contribution in [0.25, 0.3) is 0 Å². The summed E-state index contributed by atoms with van der Waals surface area (Å²) in [5.74, 6) is -2.20. The van der Waals surface area contributed by atoms with Gasteiger partial charge in [0.15, 0.2) is 0 Å². The predicted molar refractivity (Wildman–Crippen MR) is 83.7 cm³/mol. The van der Waals surface area contributed by atoms with E-state index in [0.717, 1.165) is 0 Å². The summed E-state index contributed by atoms with van der Waals surface area (Å²) in [5, 5.41) is 0. The van der Waals surface area contributed by atoms with Crippen molar-refractivity contribution in [2.75, 3.05) is 13.1 Å². The first-order valence-corrected chi connectivity index (χ1v) is 9.72. The van der Waals surface area contributed by atoms with Gasteiger partial charge >= 0.3 is 0 Å². The van der Waals surface area contributed by atoms with Gasteiger partial charge in [0.25, 0.3) is 0 Å². The summed E-state index contributed by atoms with van der Waals surface area (Å²) in [6.07, 6.45) is 0.384. The van der Waals surface area contributed by atoms with Crippen LogP contribution in [0.2, 0.25) is 0 Å². The molecular formula is C16H20F2N2O3S. The SMILES string of the molecule is O=S1(=O)N[C@@H]2CN(C3CCC(F)(F)CC3)C[C@@H]2Oc2ccccc21. The lowest BCUT2D eigenvalue weighted by Crippen LogP contribution is -2.43. The Bertz CT molecular complexity index is 731. The minimum Gasteiger partial charge on any atom is -0.486 e. The highest BCUT2D eigenvalue weighted by molar-refractivity contribution is 7.89. The van der Waals surface area contributed by atoms with Crippen molar-refractivity contribution in [3.8, 4) is 5.75 Å². The number of halogens is 2. The molecule has 8 heteroatoms. The smallest absolute Gasteiger partial charge is 0.248 e. The van der Waals surface area contributed by atoms with Crippen LogP contribution in [-0.4, -0.2) is 50.5 Å². The van der Waals surface area contributed by atoms with Crippen molar-refractivity contribution in [3.63, 3.8) is 0 Å².